The summed E-state index contributed by atoms with van der Waals surface area (Å²) in [6.07, 6.45) is 2.45. The van der Waals surface area contributed by atoms with Crippen LogP contribution in [0.25, 0.3) is 11.0 Å². The van der Waals surface area contributed by atoms with Gasteiger partial charge in [-0.2, -0.15) is 0 Å². The van der Waals surface area contributed by atoms with E-state index < -0.39 is 0 Å². The molecule has 1 fully saturated rings. The Labute approximate surface area is 120 Å². The van der Waals surface area contributed by atoms with Gasteiger partial charge in [-0.3, -0.25) is 0 Å². The molecule has 0 saturated carbocycles. The Hall–Kier alpha value is -0.650. The number of nitrogens with zero attached hydrogens (tertiary/aromatic N) is 2. The van der Waals surface area contributed by atoms with Crippen molar-refractivity contribution >= 4 is 39.2 Å². The standard InChI is InChI=1S/C13H16BrN3S/c1-16-6-2-3-10(8-16)17-12-5-4-9(14)7-11(12)15-13(17)18/h4-5,7,10H,2-3,6,8H2,1H3,(H,15,18). The quantitative estimate of drug-likeness (QED) is 0.808. The van der Waals surface area contributed by atoms with Gasteiger partial charge in [0.05, 0.1) is 11.0 Å². The minimum Gasteiger partial charge on any atom is -0.331 e. The Morgan fingerprint density at radius 1 is 1.44 bits per heavy atom. The number of rotatable bonds is 1. The van der Waals surface area contributed by atoms with Crippen molar-refractivity contribution in [1.29, 1.82) is 0 Å². The Morgan fingerprint density at radius 3 is 3.06 bits per heavy atom. The van der Waals surface area contributed by atoms with Gasteiger partial charge >= 0.3 is 0 Å². The highest BCUT2D eigenvalue weighted by Gasteiger charge is 2.21. The predicted molar refractivity (Wildman–Crippen MR) is 80.6 cm³/mol. The molecule has 0 amide bonds. The number of fused-ring (bicyclic) bond motifs is 1. The number of benzene rings is 1. The molecule has 1 aromatic carbocycles. The molecule has 0 spiro atoms. The molecule has 1 aromatic heterocycles. The molecule has 0 radical (unpaired) electrons. The third-order valence-corrected chi connectivity index (χ3v) is 4.44. The monoisotopic (exact) mass is 325 g/mol. The average Bonchev–Trinajstić information content (AvgIpc) is 2.64. The highest BCUT2D eigenvalue weighted by atomic mass is 79.9. The fraction of sp³-hybridized carbons (Fsp3) is 0.462. The van der Waals surface area contributed by atoms with Crippen molar-refractivity contribution < 1.29 is 0 Å². The maximum atomic E-state index is 5.49. The Bertz CT molecular complexity index is 631. The van der Waals surface area contributed by atoms with Crippen LogP contribution in [0, 0.1) is 4.77 Å². The summed E-state index contributed by atoms with van der Waals surface area (Å²) < 4.78 is 4.20. The zero-order chi connectivity index (χ0) is 12.7. The van der Waals surface area contributed by atoms with Gasteiger partial charge in [0.2, 0.25) is 0 Å². The summed E-state index contributed by atoms with van der Waals surface area (Å²) in [5.41, 5.74) is 2.33. The van der Waals surface area contributed by atoms with Gasteiger partial charge in [-0.05, 0) is 56.9 Å². The predicted octanol–water partition coefficient (Wildman–Crippen LogP) is 3.73. The Morgan fingerprint density at radius 2 is 2.28 bits per heavy atom. The van der Waals surface area contributed by atoms with Crippen LogP contribution < -0.4 is 0 Å². The van der Waals surface area contributed by atoms with Crippen LogP contribution in [0.1, 0.15) is 18.9 Å². The summed E-state index contributed by atoms with van der Waals surface area (Å²) in [4.78, 5) is 5.69. The second kappa shape index (κ2) is 4.79. The zero-order valence-electron chi connectivity index (χ0n) is 10.3. The molecule has 1 aliphatic heterocycles. The zero-order valence-corrected chi connectivity index (χ0v) is 12.7. The van der Waals surface area contributed by atoms with E-state index in [4.69, 9.17) is 12.2 Å². The molecule has 1 saturated heterocycles. The molecular formula is C13H16BrN3S. The first-order chi connectivity index (χ1) is 8.65. The van der Waals surface area contributed by atoms with Gasteiger partial charge in [-0.15, -0.1) is 0 Å². The molecule has 1 unspecified atom stereocenters. The number of hydrogen-bond acceptors (Lipinski definition) is 2. The van der Waals surface area contributed by atoms with Gasteiger partial charge in [0.25, 0.3) is 0 Å². The van der Waals surface area contributed by atoms with Crippen LogP contribution in [-0.4, -0.2) is 34.6 Å². The lowest BCUT2D eigenvalue weighted by Gasteiger charge is -2.30. The van der Waals surface area contributed by atoms with E-state index in [1.807, 2.05) is 0 Å². The van der Waals surface area contributed by atoms with Crippen molar-refractivity contribution in [3.05, 3.63) is 27.4 Å². The second-order valence-electron chi connectivity index (χ2n) is 5.02. The van der Waals surface area contributed by atoms with Crippen LogP contribution in [-0.2, 0) is 0 Å². The number of hydrogen-bond donors (Lipinski definition) is 1. The van der Waals surface area contributed by atoms with E-state index >= 15 is 0 Å². The molecule has 18 heavy (non-hydrogen) atoms. The van der Waals surface area contributed by atoms with E-state index in [1.54, 1.807) is 0 Å². The average molecular weight is 326 g/mol. The van der Waals surface area contributed by atoms with Gasteiger partial charge in [0, 0.05) is 17.1 Å². The minimum atomic E-state index is 0.492. The summed E-state index contributed by atoms with van der Waals surface area (Å²) >= 11 is 8.99. The topological polar surface area (TPSA) is 24.0 Å². The van der Waals surface area contributed by atoms with Crippen molar-refractivity contribution in [2.45, 2.75) is 18.9 Å². The number of imidazole rings is 1. The van der Waals surface area contributed by atoms with Gasteiger partial charge in [0.15, 0.2) is 4.77 Å². The molecule has 0 bridgehead atoms. The van der Waals surface area contributed by atoms with Crippen molar-refractivity contribution in [2.24, 2.45) is 0 Å². The summed E-state index contributed by atoms with van der Waals surface area (Å²) in [6.45, 7) is 2.27. The summed E-state index contributed by atoms with van der Waals surface area (Å²) in [5.74, 6) is 0. The van der Waals surface area contributed by atoms with Crippen molar-refractivity contribution in [1.82, 2.24) is 14.5 Å². The van der Waals surface area contributed by atoms with Gasteiger partial charge < -0.3 is 14.5 Å². The Kier molecular flexibility index (Phi) is 3.30. The molecule has 1 aliphatic rings. The lowest BCUT2D eigenvalue weighted by Crippen LogP contribution is -2.33. The fourth-order valence-electron chi connectivity index (χ4n) is 2.82. The van der Waals surface area contributed by atoms with Crippen LogP contribution >= 0.6 is 28.1 Å². The smallest absolute Gasteiger partial charge is 0.178 e. The van der Waals surface area contributed by atoms with Crippen LogP contribution in [0.15, 0.2) is 22.7 Å². The van der Waals surface area contributed by atoms with Crippen LogP contribution in [0.5, 0.6) is 0 Å². The fourth-order valence-corrected chi connectivity index (χ4v) is 3.53. The van der Waals surface area contributed by atoms with Crippen LogP contribution in [0.2, 0.25) is 0 Å². The Balaban J connectivity index is 2.10. The number of likely N-dealkylation sites (N-methyl/N-ethyl adjacent to an activating group) is 1. The molecular weight excluding hydrogens is 310 g/mol. The molecule has 2 heterocycles. The normalized spacial score (nSPS) is 21.6. The molecule has 3 rings (SSSR count). The molecule has 0 aliphatic carbocycles. The maximum absolute atomic E-state index is 5.49. The summed E-state index contributed by atoms with van der Waals surface area (Å²) in [6, 6.07) is 6.80. The van der Waals surface area contributed by atoms with E-state index in [1.165, 1.54) is 24.9 Å². The van der Waals surface area contributed by atoms with E-state index in [0.717, 1.165) is 21.3 Å². The molecule has 96 valence electrons. The van der Waals surface area contributed by atoms with Crippen molar-refractivity contribution in [2.75, 3.05) is 20.1 Å². The summed E-state index contributed by atoms with van der Waals surface area (Å²) in [5, 5.41) is 0. The second-order valence-corrected chi connectivity index (χ2v) is 6.32. The maximum Gasteiger partial charge on any atom is 0.178 e. The summed E-state index contributed by atoms with van der Waals surface area (Å²) in [7, 11) is 2.18. The van der Waals surface area contributed by atoms with Crippen LogP contribution in [0.4, 0.5) is 0 Å². The third kappa shape index (κ3) is 2.15. The van der Waals surface area contributed by atoms with E-state index in [-0.39, 0.29) is 0 Å². The first-order valence-electron chi connectivity index (χ1n) is 6.23. The number of likely N-dealkylation sites (tertiary alicyclic amines) is 1. The largest absolute Gasteiger partial charge is 0.331 e. The number of halogens is 1. The lowest BCUT2D eigenvalue weighted by molar-refractivity contribution is 0.214. The first kappa shape index (κ1) is 12.4. The molecule has 5 heteroatoms. The van der Waals surface area contributed by atoms with Crippen LogP contribution in [0.3, 0.4) is 0 Å². The minimum absolute atomic E-state index is 0.492. The lowest BCUT2D eigenvalue weighted by atomic mass is 10.1. The highest BCUT2D eigenvalue weighted by Crippen LogP contribution is 2.27. The number of nitrogens with one attached hydrogen (secondary N) is 1. The molecule has 2 aromatic rings. The molecule has 1 atom stereocenters. The highest BCUT2D eigenvalue weighted by molar-refractivity contribution is 9.10. The van der Waals surface area contributed by atoms with Gasteiger partial charge in [0.1, 0.15) is 0 Å². The number of aromatic nitrogens is 2. The third-order valence-electron chi connectivity index (χ3n) is 3.64. The molecule has 3 nitrogen and oxygen atoms in total. The van der Waals surface area contributed by atoms with Crippen molar-refractivity contribution in [3.63, 3.8) is 0 Å². The van der Waals surface area contributed by atoms with Gasteiger partial charge in [-0.1, -0.05) is 15.9 Å². The number of aromatic amines is 1. The van der Waals surface area contributed by atoms with E-state index in [2.05, 4.69) is 55.6 Å². The number of piperidine rings is 1. The molecule has 1 N–H and O–H groups in total. The van der Waals surface area contributed by atoms with Crippen molar-refractivity contribution in [3.8, 4) is 0 Å². The van der Waals surface area contributed by atoms with E-state index in [0.29, 0.717) is 6.04 Å². The SMILES string of the molecule is CN1CCCC(n2c(=S)[nH]c3cc(Br)ccc32)C1. The van der Waals surface area contributed by atoms with E-state index in [9.17, 15) is 0 Å². The number of H-pyrrole nitrogens is 1. The van der Waals surface area contributed by atoms with Gasteiger partial charge in [-0.25, -0.2) is 0 Å². The first-order valence-corrected chi connectivity index (χ1v) is 7.43.